The van der Waals surface area contributed by atoms with E-state index in [4.69, 9.17) is 0 Å². The minimum atomic E-state index is 0.0979. The molecule has 3 aromatic rings. The van der Waals surface area contributed by atoms with Crippen LogP contribution >= 0.6 is 0 Å². The van der Waals surface area contributed by atoms with E-state index in [0.717, 1.165) is 55.5 Å². The Labute approximate surface area is 185 Å². The van der Waals surface area contributed by atoms with E-state index in [1.165, 1.54) is 5.56 Å². The molecule has 1 aliphatic heterocycles. The van der Waals surface area contributed by atoms with Crippen LogP contribution in [0.5, 0.6) is 0 Å². The van der Waals surface area contributed by atoms with Crippen LogP contribution in [-0.2, 0) is 12.6 Å². The highest BCUT2D eigenvalue weighted by Gasteiger charge is 2.38. The van der Waals surface area contributed by atoms with Crippen molar-refractivity contribution in [2.24, 2.45) is 7.05 Å². The quantitative estimate of drug-likeness (QED) is 0.610. The zero-order valence-corrected chi connectivity index (χ0v) is 19.2. The Kier molecular flexibility index (Phi) is 6.17. The average molecular weight is 419 g/mol. The number of carbonyl (C=O) groups excluding carboxylic acids is 1. The van der Waals surface area contributed by atoms with Crippen LogP contribution in [-0.4, -0.2) is 72.5 Å². The SMILES string of the molecule is CN(CCN1CCC(c2ccccc2)(N(C)C)CC1)C(=O)c1cccc2c1ccn2C. The second-order valence-corrected chi connectivity index (χ2v) is 9.03. The van der Waals surface area contributed by atoms with Gasteiger partial charge in [-0.05, 0) is 50.7 Å². The maximum atomic E-state index is 13.1. The Hall–Kier alpha value is -2.63. The summed E-state index contributed by atoms with van der Waals surface area (Å²) in [6.45, 7) is 3.74. The number of fused-ring (bicyclic) bond motifs is 1. The lowest BCUT2D eigenvalue weighted by Crippen LogP contribution is -2.51. The number of hydrogen-bond acceptors (Lipinski definition) is 3. The lowest BCUT2D eigenvalue weighted by molar-refractivity contribution is 0.0487. The number of benzene rings is 2. The maximum Gasteiger partial charge on any atom is 0.254 e. The van der Waals surface area contributed by atoms with Gasteiger partial charge in [0.15, 0.2) is 0 Å². The van der Waals surface area contributed by atoms with Crippen molar-refractivity contribution in [2.45, 2.75) is 18.4 Å². The lowest BCUT2D eigenvalue weighted by Gasteiger charge is -2.47. The van der Waals surface area contributed by atoms with Crippen LogP contribution in [0.25, 0.3) is 10.9 Å². The Morgan fingerprint density at radius 2 is 1.68 bits per heavy atom. The normalized spacial score (nSPS) is 16.7. The number of carbonyl (C=O) groups is 1. The Balaban J connectivity index is 1.37. The van der Waals surface area contributed by atoms with Gasteiger partial charge in [-0.3, -0.25) is 9.69 Å². The van der Waals surface area contributed by atoms with E-state index in [1.54, 1.807) is 0 Å². The highest BCUT2D eigenvalue weighted by Crippen LogP contribution is 2.37. The van der Waals surface area contributed by atoms with Crippen molar-refractivity contribution >= 4 is 16.8 Å². The van der Waals surface area contributed by atoms with Gasteiger partial charge in [-0.25, -0.2) is 0 Å². The fraction of sp³-hybridized carbons (Fsp3) is 0.423. The third-order valence-electron chi connectivity index (χ3n) is 7.11. The van der Waals surface area contributed by atoms with Gasteiger partial charge >= 0.3 is 0 Å². The first-order valence-electron chi connectivity index (χ1n) is 11.2. The van der Waals surface area contributed by atoms with E-state index in [0.29, 0.717) is 0 Å². The van der Waals surface area contributed by atoms with Crippen molar-refractivity contribution in [1.82, 2.24) is 19.3 Å². The molecule has 5 nitrogen and oxygen atoms in total. The molecule has 0 N–H and O–H groups in total. The molecule has 5 heteroatoms. The van der Waals surface area contributed by atoms with Gasteiger partial charge in [0.25, 0.3) is 5.91 Å². The number of likely N-dealkylation sites (tertiary alicyclic amines) is 1. The van der Waals surface area contributed by atoms with Crippen molar-refractivity contribution in [2.75, 3.05) is 47.3 Å². The van der Waals surface area contributed by atoms with E-state index in [-0.39, 0.29) is 11.4 Å². The van der Waals surface area contributed by atoms with Crippen LogP contribution in [0.15, 0.2) is 60.8 Å². The highest BCUT2D eigenvalue weighted by atomic mass is 16.2. The predicted molar refractivity (Wildman–Crippen MR) is 127 cm³/mol. The minimum Gasteiger partial charge on any atom is -0.351 e. The molecule has 4 rings (SSSR count). The molecule has 0 aliphatic carbocycles. The van der Waals surface area contributed by atoms with Crippen molar-refractivity contribution in [3.8, 4) is 0 Å². The van der Waals surface area contributed by atoms with Gasteiger partial charge in [0.05, 0.1) is 0 Å². The number of aryl methyl sites for hydroxylation is 1. The minimum absolute atomic E-state index is 0.0979. The summed E-state index contributed by atoms with van der Waals surface area (Å²) in [6, 6.07) is 18.9. The molecule has 1 aromatic heterocycles. The summed E-state index contributed by atoms with van der Waals surface area (Å²) in [7, 11) is 8.32. The van der Waals surface area contributed by atoms with Crippen LogP contribution in [0.1, 0.15) is 28.8 Å². The second kappa shape index (κ2) is 8.85. The van der Waals surface area contributed by atoms with Gasteiger partial charge < -0.3 is 14.4 Å². The van der Waals surface area contributed by atoms with Crippen LogP contribution in [0.3, 0.4) is 0 Å². The summed E-state index contributed by atoms with van der Waals surface area (Å²) in [5.74, 6) is 0.0979. The molecule has 0 bridgehead atoms. The molecule has 1 saturated heterocycles. The Morgan fingerprint density at radius 1 is 0.968 bits per heavy atom. The van der Waals surface area contributed by atoms with Crippen LogP contribution in [0, 0.1) is 0 Å². The summed E-state index contributed by atoms with van der Waals surface area (Å²) >= 11 is 0. The number of piperidine rings is 1. The summed E-state index contributed by atoms with van der Waals surface area (Å²) in [4.78, 5) is 19.9. The topological polar surface area (TPSA) is 31.7 Å². The number of amides is 1. The van der Waals surface area contributed by atoms with Crippen molar-refractivity contribution < 1.29 is 4.79 Å². The van der Waals surface area contributed by atoms with Crippen molar-refractivity contribution in [3.63, 3.8) is 0 Å². The summed E-state index contributed by atoms with van der Waals surface area (Å²) < 4.78 is 2.06. The van der Waals surface area contributed by atoms with Crippen LogP contribution in [0.2, 0.25) is 0 Å². The van der Waals surface area contributed by atoms with Crippen LogP contribution in [0.4, 0.5) is 0 Å². The Bertz CT molecular complexity index is 1030. The first-order valence-corrected chi connectivity index (χ1v) is 11.2. The number of likely N-dealkylation sites (N-methyl/N-ethyl adjacent to an activating group) is 1. The predicted octanol–water partition coefficient (Wildman–Crippen LogP) is 3.80. The van der Waals surface area contributed by atoms with E-state index in [1.807, 2.05) is 43.4 Å². The molecule has 0 unspecified atom stereocenters. The summed E-state index contributed by atoms with van der Waals surface area (Å²) in [5.41, 5.74) is 3.39. The van der Waals surface area contributed by atoms with E-state index in [2.05, 4.69) is 64.9 Å². The average Bonchev–Trinajstić information content (AvgIpc) is 3.18. The van der Waals surface area contributed by atoms with Gasteiger partial charge in [-0.2, -0.15) is 0 Å². The molecule has 164 valence electrons. The molecule has 1 fully saturated rings. The van der Waals surface area contributed by atoms with Gasteiger partial charge in [0.2, 0.25) is 0 Å². The largest absolute Gasteiger partial charge is 0.351 e. The summed E-state index contributed by atoms with van der Waals surface area (Å²) in [5, 5.41) is 1.03. The fourth-order valence-corrected chi connectivity index (χ4v) is 4.98. The van der Waals surface area contributed by atoms with Gasteiger partial charge in [-0.1, -0.05) is 36.4 Å². The third kappa shape index (κ3) is 4.12. The highest BCUT2D eigenvalue weighted by molar-refractivity contribution is 6.06. The first-order chi connectivity index (χ1) is 14.9. The van der Waals surface area contributed by atoms with Crippen molar-refractivity contribution in [1.29, 1.82) is 0 Å². The Morgan fingerprint density at radius 3 is 2.35 bits per heavy atom. The molecule has 1 amide bonds. The molecule has 31 heavy (non-hydrogen) atoms. The third-order valence-corrected chi connectivity index (χ3v) is 7.11. The van der Waals surface area contributed by atoms with Gasteiger partial charge in [-0.15, -0.1) is 0 Å². The van der Waals surface area contributed by atoms with Gasteiger partial charge in [0, 0.05) is 68.5 Å². The number of hydrogen-bond donors (Lipinski definition) is 0. The van der Waals surface area contributed by atoms with E-state index in [9.17, 15) is 4.79 Å². The maximum absolute atomic E-state index is 13.1. The summed E-state index contributed by atoms with van der Waals surface area (Å²) in [6.07, 6.45) is 4.22. The van der Waals surface area contributed by atoms with E-state index >= 15 is 0 Å². The molecular weight excluding hydrogens is 384 g/mol. The molecule has 2 aromatic carbocycles. The number of nitrogens with zero attached hydrogens (tertiary/aromatic N) is 4. The molecule has 1 aliphatic rings. The molecule has 0 atom stereocenters. The smallest absolute Gasteiger partial charge is 0.254 e. The molecule has 2 heterocycles. The molecule has 0 saturated carbocycles. The molecular formula is C26H34N4O. The zero-order chi connectivity index (χ0) is 22.0. The van der Waals surface area contributed by atoms with E-state index < -0.39 is 0 Å². The van der Waals surface area contributed by atoms with Crippen LogP contribution < -0.4 is 0 Å². The van der Waals surface area contributed by atoms with Gasteiger partial charge in [0.1, 0.15) is 0 Å². The number of aromatic nitrogens is 1. The lowest BCUT2D eigenvalue weighted by atomic mass is 9.80. The second-order valence-electron chi connectivity index (χ2n) is 9.03. The fourth-order valence-electron chi connectivity index (χ4n) is 4.98. The zero-order valence-electron chi connectivity index (χ0n) is 19.2. The molecule has 0 spiro atoms. The number of rotatable bonds is 6. The monoisotopic (exact) mass is 418 g/mol. The van der Waals surface area contributed by atoms with Crippen molar-refractivity contribution in [3.05, 3.63) is 71.9 Å². The standard InChI is InChI=1S/C26H34N4O/c1-27(2)26(21-9-6-5-7-10-21)14-17-30(18-15-26)20-19-29(4)25(31)23-11-8-12-24-22(23)13-16-28(24)3/h5-13,16H,14-15,17-20H2,1-4H3. The first kappa shape index (κ1) is 21.6. The molecule has 0 radical (unpaired) electrons.